The van der Waals surface area contributed by atoms with E-state index in [1.165, 1.54) is 0 Å². The van der Waals surface area contributed by atoms with Crippen molar-refractivity contribution in [3.63, 3.8) is 0 Å². The molecule has 0 aromatic heterocycles. The minimum absolute atomic E-state index is 0.268. The van der Waals surface area contributed by atoms with Gasteiger partial charge < -0.3 is 0 Å². The van der Waals surface area contributed by atoms with Crippen molar-refractivity contribution in [1.82, 2.24) is 0 Å². The van der Waals surface area contributed by atoms with E-state index in [-0.39, 0.29) is 5.78 Å². The summed E-state index contributed by atoms with van der Waals surface area (Å²) in [6.07, 6.45) is 3.78. The lowest BCUT2D eigenvalue weighted by atomic mass is 10.0. The van der Waals surface area contributed by atoms with Gasteiger partial charge in [0.1, 0.15) is 0 Å². The summed E-state index contributed by atoms with van der Waals surface area (Å²) >= 11 is 5.87. The smallest absolute Gasteiger partial charge is 0.163 e. The van der Waals surface area contributed by atoms with E-state index in [2.05, 4.69) is 0 Å². The average molecular weight is 195 g/mol. The maximum atomic E-state index is 11.6. The topological polar surface area (TPSA) is 17.1 Å². The number of ketones is 1. The molecule has 68 valence electrons. The average Bonchev–Trinajstić information content (AvgIpc) is 2.28. The Morgan fingerprint density at radius 2 is 1.92 bits per heavy atom. The first-order chi connectivity index (χ1) is 6.27. The van der Waals surface area contributed by atoms with Gasteiger partial charge in [-0.05, 0) is 43.0 Å². The molecule has 0 heterocycles. The van der Waals surface area contributed by atoms with E-state index < -0.39 is 0 Å². The van der Waals surface area contributed by atoms with Crippen LogP contribution in [0.3, 0.4) is 0 Å². The van der Waals surface area contributed by atoms with Crippen molar-refractivity contribution < 1.29 is 4.79 Å². The third kappa shape index (κ3) is 1.75. The Labute approximate surface area is 82.7 Å². The lowest BCUT2D eigenvalue weighted by Gasteiger charge is -2.03. The highest BCUT2D eigenvalue weighted by atomic mass is 35.5. The van der Waals surface area contributed by atoms with E-state index in [1.807, 2.05) is 12.1 Å². The molecule has 1 aromatic carbocycles. The molecule has 0 fully saturated rings. The molecule has 0 saturated heterocycles. The van der Waals surface area contributed by atoms with Crippen molar-refractivity contribution in [2.24, 2.45) is 0 Å². The fraction of sp³-hybridized carbons (Fsp3) is 0.364. The number of carbonyl (C=O) groups is 1. The SMILES string of the molecule is O=C1CCCCc2cc(Cl)ccc21. The molecule has 0 bridgehead atoms. The maximum absolute atomic E-state index is 11.6. The van der Waals surface area contributed by atoms with Crippen molar-refractivity contribution in [1.29, 1.82) is 0 Å². The van der Waals surface area contributed by atoms with Gasteiger partial charge >= 0.3 is 0 Å². The molecule has 1 nitrogen and oxygen atoms in total. The van der Waals surface area contributed by atoms with Crippen LogP contribution in [0.5, 0.6) is 0 Å². The lowest BCUT2D eigenvalue weighted by Crippen LogP contribution is -1.99. The lowest BCUT2D eigenvalue weighted by molar-refractivity contribution is 0.0982. The molecule has 0 saturated carbocycles. The molecule has 1 aliphatic carbocycles. The summed E-state index contributed by atoms with van der Waals surface area (Å²) in [7, 11) is 0. The highest BCUT2D eigenvalue weighted by molar-refractivity contribution is 6.30. The van der Waals surface area contributed by atoms with Crippen LogP contribution in [0.25, 0.3) is 0 Å². The van der Waals surface area contributed by atoms with Crippen molar-refractivity contribution in [2.75, 3.05) is 0 Å². The Kier molecular flexibility index (Phi) is 2.36. The van der Waals surface area contributed by atoms with E-state index in [0.717, 1.165) is 35.4 Å². The number of Topliss-reactive ketones (excluding diaryl/α,β-unsaturated/α-hetero) is 1. The first kappa shape index (κ1) is 8.76. The zero-order chi connectivity index (χ0) is 9.26. The van der Waals surface area contributed by atoms with Crippen LogP contribution in [0.4, 0.5) is 0 Å². The molecule has 0 N–H and O–H groups in total. The predicted molar refractivity (Wildman–Crippen MR) is 53.3 cm³/mol. The number of benzene rings is 1. The number of aryl methyl sites for hydroxylation is 1. The monoisotopic (exact) mass is 194 g/mol. The summed E-state index contributed by atoms with van der Waals surface area (Å²) in [5.41, 5.74) is 2.00. The largest absolute Gasteiger partial charge is 0.294 e. The van der Waals surface area contributed by atoms with Gasteiger partial charge in [-0.25, -0.2) is 0 Å². The second-order valence-corrected chi connectivity index (χ2v) is 3.87. The van der Waals surface area contributed by atoms with E-state index >= 15 is 0 Å². The fourth-order valence-electron chi connectivity index (χ4n) is 1.78. The van der Waals surface area contributed by atoms with Crippen LogP contribution in [0.15, 0.2) is 18.2 Å². The van der Waals surface area contributed by atoms with Crippen LogP contribution in [-0.4, -0.2) is 5.78 Å². The van der Waals surface area contributed by atoms with Crippen LogP contribution < -0.4 is 0 Å². The van der Waals surface area contributed by atoms with Gasteiger partial charge in [-0.15, -0.1) is 0 Å². The molecule has 2 rings (SSSR count). The first-order valence-electron chi connectivity index (χ1n) is 4.59. The van der Waals surface area contributed by atoms with Gasteiger partial charge in [0.25, 0.3) is 0 Å². The van der Waals surface area contributed by atoms with Gasteiger partial charge in [0, 0.05) is 17.0 Å². The third-order valence-corrected chi connectivity index (χ3v) is 2.70. The van der Waals surface area contributed by atoms with Crippen LogP contribution in [0, 0.1) is 0 Å². The van der Waals surface area contributed by atoms with E-state index in [0.29, 0.717) is 6.42 Å². The molecular weight excluding hydrogens is 184 g/mol. The van der Waals surface area contributed by atoms with Crippen molar-refractivity contribution in [2.45, 2.75) is 25.7 Å². The van der Waals surface area contributed by atoms with Gasteiger partial charge in [-0.2, -0.15) is 0 Å². The minimum atomic E-state index is 0.268. The zero-order valence-electron chi connectivity index (χ0n) is 7.35. The van der Waals surface area contributed by atoms with Crippen molar-refractivity contribution in [3.05, 3.63) is 34.3 Å². The predicted octanol–water partition coefficient (Wildman–Crippen LogP) is 3.25. The molecule has 0 spiro atoms. The molecule has 0 radical (unpaired) electrons. The summed E-state index contributed by atoms with van der Waals surface area (Å²) in [4.78, 5) is 11.6. The number of halogens is 1. The Balaban J connectivity index is 2.48. The fourth-order valence-corrected chi connectivity index (χ4v) is 1.97. The summed E-state index contributed by atoms with van der Waals surface area (Å²) < 4.78 is 0. The third-order valence-electron chi connectivity index (χ3n) is 2.47. The van der Waals surface area contributed by atoms with Gasteiger partial charge in [-0.1, -0.05) is 11.6 Å². The summed E-state index contributed by atoms with van der Waals surface area (Å²) in [5.74, 6) is 0.268. The van der Waals surface area contributed by atoms with Gasteiger partial charge in [0.05, 0.1) is 0 Å². The number of rotatable bonds is 0. The first-order valence-corrected chi connectivity index (χ1v) is 4.97. The van der Waals surface area contributed by atoms with Gasteiger partial charge in [-0.3, -0.25) is 4.79 Å². The van der Waals surface area contributed by atoms with E-state index in [9.17, 15) is 4.79 Å². The number of carbonyl (C=O) groups excluding carboxylic acids is 1. The molecular formula is C11H11ClO. The van der Waals surface area contributed by atoms with Crippen LogP contribution in [0.1, 0.15) is 35.2 Å². The number of hydrogen-bond donors (Lipinski definition) is 0. The van der Waals surface area contributed by atoms with E-state index in [4.69, 9.17) is 11.6 Å². The minimum Gasteiger partial charge on any atom is -0.294 e. The summed E-state index contributed by atoms with van der Waals surface area (Å²) in [5, 5.41) is 0.730. The van der Waals surface area contributed by atoms with E-state index in [1.54, 1.807) is 6.07 Å². The Morgan fingerprint density at radius 1 is 1.15 bits per heavy atom. The highest BCUT2D eigenvalue weighted by Gasteiger charge is 2.14. The molecule has 13 heavy (non-hydrogen) atoms. The van der Waals surface area contributed by atoms with Crippen LogP contribution >= 0.6 is 11.6 Å². The normalized spacial score (nSPS) is 16.5. The molecule has 1 aliphatic rings. The Hall–Kier alpha value is -0.820. The van der Waals surface area contributed by atoms with Crippen LogP contribution in [0.2, 0.25) is 5.02 Å². The summed E-state index contributed by atoms with van der Waals surface area (Å²) in [6.45, 7) is 0. The second kappa shape index (κ2) is 3.51. The number of hydrogen-bond acceptors (Lipinski definition) is 1. The van der Waals surface area contributed by atoms with Gasteiger partial charge in [0.15, 0.2) is 5.78 Å². The maximum Gasteiger partial charge on any atom is 0.163 e. The van der Waals surface area contributed by atoms with Gasteiger partial charge in [0.2, 0.25) is 0 Å². The van der Waals surface area contributed by atoms with Crippen molar-refractivity contribution in [3.8, 4) is 0 Å². The zero-order valence-corrected chi connectivity index (χ0v) is 8.10. The molecule has 0 amide bonds. The number of fused-ring (bicyclic) bond motifs is 1. The summed E-state index contributed by atoms with van der Waals surface area (Å²) in [6, 6.07) is 5.56. The van der Waals surface area contributed by atoms with Crippen molar-refractivity contribution >= 4 is 17.4 Å². The molecule has 1 aromatic rings. The Morgan fingerprint density at radius 3 is 2.77 bits per heavy atom. The molecule has 0 atom stereocenters. The second-order valence-electron chi connectivity index (χ2n) is 3.43. The highest BCUT2D eigenvalue weighted by Crippen LogP contribution is 2.23. The molecule has 0 unspecified atom stereocenters. The quantitative estimate of drug-likeness (QED) is 0.580. The molecule has 0 aliphatic heterocycles. The van der Waals surface area contributed by atoms with Crippen LogP contribution in [-0.2, 0) is 6.42 Å². The Bertz CT molecular complexity index is 344. The standard InChI is InChI=1S/C11H11ClO/c12-9-5-6-10-8(7-9)3-1-2-4-11(10)13/h5-7H,1-4H2. The molecule has 2 heteroatoms.